The Morgan fingerprint density at radius 2 is 1.75 bits per heavy atom. The predicted octanol–water partition coefficient (Wildman–Crippen LogP) is 0.918. The highest BCUT2D eigenvalue weighted by Gasteiger charge is 2.23. The summed E-state index contributed by atoms with van der Waals surface area (Å²) in [7, 11) is 0. The molecule has 0 aliphatic carbocycles. The minimum Gasteiger partial charge on any atom is -0.339 e. The quantitative estimate of drug-likeness (QED) is 0.757. The van der Waals surface area contributed by atoms with Crippen LogP contribution in [0.2, 0.25) is 0 Å². The van der Waals surface area contributed by atoms with Crippen molar-refractivity contribution in [1.29, 1.82) is 5.26 Å². The summed E-state index contributed by atoms with van der Waals surface area (Å²) in [5, 5.41) is 12.2. The average molecular weight is 383 g/mol. The first kappa shape index (κ1) is 20.3. The summed E-state index contributed by atoms with van der Waals surface area (Å²) >= 11 is 0. The molecule has 2 aliphatic heterocycles. The number of amides is 2. The van der Waals surface area contributed by atoms with Gasteiger partial charge in [0, 0.05) is 38.3 Å². The lowest BCUT2D eigenvalue weighted by molar-refractivity contribution is -0.132. The van der Waals surface area contributed by atoms with Gasteiger partial charge in [0.05, 0.1) is 11.6 Å². The second-order valence-corrected chi connectivity index (χ2v) is 7.45. The molecule has 0 unspecified atom stereocenters. The Kier molecular flexibility index (Phi) is 7.40. The maximum absolute atomic E-state index is 13.0. The van der Waals surface area contributed by atoms with Crippen LogP contribution in [-0.4, -0.2) is 85.4 Å². The number of carbonyl (C=O) groups excluding carboxylic acids is 2. The molecule has 0 saturated carbocycles. The van der Waals surface area contributed by atoms with Gasteiger partial charge in [-0.2, -0.15) is 5.26 Å². The van der Waals surface area contributed by atoms with E-state index in [1.165, 1.54) is 12.8 Å². The van der Waals surface area contributed by atoms with Gasteiger partial charge in [-0.05, 0) is 63.2 Å². The Balaban J connectivity index is 1.63. The van der Waals surface area contributed by atoms with Crippen molar-refractivity contribution in [3.8, 4) is 6.07 Å². The second-order valence-electron chi connectivity index (χ2n) is 7.45. The number of carbonyl (C=O) groups is 2. The lowest BCUT2D eigenvalue weighted by Gasteiger charge is -2.31. The third kappa shape index (κ3) is 5.54. The minimum atomic E-state index is -0.144. The molecule has 2 amide bonds. The van der Waals surface area contributed by atoms with Gasteiger partial charge in [-0.3, -0.25) is 9.59 Å². The van der Waals surface area contributed by atoms with E-state index in [-0.39, 0.29) is 18.4 Å². The SMILES string of the molecule is N#Cc1ccc(C(=O)N(CCCN2CCCC2)CC(=O)N2CCNCC2)cc1. The molecule has 7 heteroatoms. The molecule has 0 atom stereocenters. The van der Waals surface area contributed by atoms with Crippen LogP contribution in [0, 0.1) is 11.3 Å². The Hall–Kier alpha value is -2.43. The highest BCUT2D eigenvalue weighted by molar-refractivity contribution is 5.96. The number of nitriles is 1. The molecule has 0 aromatic heterocycles. The number of nitrogens with one attached hydrogen (secondary N) is 1. The lowest BCUT2D eigenvalue weighted by atomic mass is 10.1. The highest BCUT2D eigenvalue weighted by atomic mass is 16.2. The molecule has 0 radical (unpaired) electrons. The van der Waals surface area contributed by atoms with Crippen LogP contribution in [0.3, 0.4) is 0 Å². The van der Waals surface area contributed by atoms with E-state index in [9.17, 15) is 9.59 Å². The van der Waals surface area contributed by atoms with E-state index < -0.39 is 0 Å². The van der Waals surface area contributed by atoms with Gasteiger partial charge in [-0.15, -0.1) is 0 Å². The Morgan fingerprint density at radius 3 is 2.39 bits per heavy atom. The zero-order valence-electron chi connectivity index (χ0n) is 16.4. The predicted molar refractivity (Wildman–Crippen MR) is 107 cm³/mol. The van der Waals surface area contributed by atoms with E-state index in [4.69, 9.17) is 5.26 Å². The molecule has 150 valence electrons. The summed E-state index contributed by atoms with van der Waals surface area (Å²) in [6.45, 7) is 6.85. The summed E-state index contributed by atoms with van der Waals surface area (Å²) in [5.41, 5.74) is 1.04. The van der Waals surface area contributed by atoms with E-state index in [1.54, 1.807) is 29.2 Å². The van der Waals surface area contributed by atoms with Crippen molar-refractivity contribution in [3.05, 3.63) is 35.4 Å². The summed E-state index contributed by atoms with van der Waals surface area (Å²) in [4.78, 5) is 31.7. The first-order chi connectivity index (χ1) is 13.7. The monoisotopic (exact) mass is 383 g/mol. The summed E-state index contributed by atoms with van der Waals surface area (Å²) in [6, 6.07) is 8.70. The van der Waals surface area contributed by atoms with Crippen LogP contribution < -0.4 is 5.32 Å². The fourth-order valence-electron chi connectivity index (χ4n) is 3.79. The van der Waals surface area contributed by atoms with Crippen LogP contribution in [0.1, 0.15) is 35.2 Å². The summed E-state index contributed by atoms with van der Waals surface area (Å²) in [6.07, 6.45) is 3.35. The van der Waals surface area contributed by atoms with Crippen molar-refractivity contribution in [1.82, 2.24) is 20.0 Å². The lowest BCUT2D eigenvalue weighted by Crippen LogP contribution is -2.50. The van der Waals surface area contributed by atoms with Gasteiger partial charge in [-0.1, -0.05) is 0 Å². The topological polar surface area (TPSA) is 79.7 Å². The van der Waals surface area contributed by atoms with Crippen LogP contribution in [0.25, 0.3) is 0 Å². The van der Waals surface area contributed by atoms with Gasteiger partial charge in [-0.25, -0.2) is 0 Å². The largest absolute Gasteiger partial charge is 0.339 e. The smallest absolute Gasteiger partial charge is 0.254 e. The molecule has 1 aromatic rings. The van der Waals surface area contributed by atoms with Crippen LogP contribution in [0.4, 0.5) is 0 Å². The van der Waals surface area contributed by atoms with Crippen molar-refractivity contribution in [3.63, 3.8) is 0 Å². The second kappa shape index (κ2) is 10.2. The molecule has 1 aromatic carbocycles. The minimum absolute atomic E-state index is 0.00432. The molecule has 7 nitrogen and oxygen atoms in total. The van der Waals surface area contributed by atoms with E-state index in [0.29, 0.717) is 30.8 Å². The van der Waals surface area contributed by atoms with Crippen molar-refractivity contribution >= 4 is 11.8 Å². The van der Waals surface area contributed by atoms with Crippen LogP contribution in [0.15, 0.2) is 24.3 Å². The molecule has 2 saturated heterocycles. The van der Waals surface area contributed by atoms with Gasteiger partial charge in [0.2, 0.25) is 5.91 Å². The van der Waals surface area contributed by atoms with Gasteiger partial charge >= 0.3 is 0 Å². The molecule has 3 rings (SSSR count). The van der Waals surface area contributed by atoms with Gasteiger partial charge in [0.15, 0.2) is 0 Å². The molecule has 0 spiro atoms. The zero-order chi connectivity index (χ0) is 19.8. The molecule has 1 N–H and O–H groups in total. The van der Waals surface area contributed by atoms with E-state index in [0.717, 1.165) is 39.1 Å². The van der Waals surface area contributed by atoms with E-state index in [1.807, 2.05) is 4.90 Å². The van der Waals surface area contributed by atoms with Crippen molar-refractivity contribution < 1.29 is 9.59 Å². The van der Waals surface area contributed by atoms with Crippen molar-refractivity contribution in [2.24, 2.45) is 0 Å². The number of benzene rings is 1. The maximum Gasteiger partial charge on any atom is 0.254 e. The molecule has 2 fully saturated rings. The van der Waals surface area contributed by atoms with E-state index >= 15 is 0 Å². The highest BCUT2D eigenvalue weighted by Crippen LogP contribution is 2.11. The van der Waals surface area contributed by atoms with Crippen molar-refractivity contribution in [2.45, 2.75) is 19.3 Å². The molecule has 2 aliphatic rings. The zero-order valence-corrected chi connectivity index (χ0v) is 16.4. The summed E-state index contributed by atoms with van der Waals surface area (Å²) < 4.78 is 0. The Morgan fingerprint density at radius 1 is 1.07 bits per heavy atom. The Labute approximate surface area is 166 Å². The van der Waals surface area contributed by atoms with Crippen LogP contribution in [0.5, 0.6) is 0 Å². The molecular weight excluding hydrogens is 354 g/mol. The number of hydrogen-bond acceptors (Lipinski definition) is 5. The fourth-order valence-corrected chi connectivity index (χ4v) is 3.79. The molecule has 28 heavy (non-hydrogen) atoms. The number of piperazine rings is 1. The fraction of sp³-hybridized carbons (Fsp3) is 0.571. The third-order valence-electron chi connectivity index (χ3n) is 5.45. The number of nitrogens with zero attached hydrogens (tertiary/aromatic N) is 4. The molecular formula is C21H29N5O2. The Bertz CT molecular complexity index is 701. The number of likely N-dealkylation sites (tertiary alicyclic amines) is 1. The molecule has 0 bridgehead atoms. The number of rotatable bonds is 7. The van der Waals surface area contributed by atoms with Gasteiger partial charge < -0.3 is 20.0 Å². The maximum atomic E-state index is 13.0. The number of hydrogen-bond donors (Lipinski definition) is 1. The first-order valence-electron chi connectivity index (χ1n) is 10.2. The first-order valence-corrected chi connectivity index (χ1v) is 10.2. The van der Waals surface area contributed by atoms with Crippen LogP contribution >= 0.6 is 0 Å². The van der Waals surface area contributed by atoms with Crippen molar-refractivity contribution in [2.75, 3.05) is 58.9 Å². The average Bonchev–Trinajstić information content (AvgIpc) is 3.26. The van der Waals surface area contributed by atoms with Gasteiger partial charge in [0.1, 0.15) is 6.54 Å². The molecule has 2 heterocycles. The summed E-state index contributed by atoms with van der Waals surface area (Å²) in [5.74, 6) is -0.140. The van der Waals surface area contributed by atoms with Gasteiger partial charge in [0.25, 0.3) is 5.91 Å². The standard InChI is InChI=1S/C21H29N5O2/c22-16-18-4-6-19(7-5-18)21(28)26(13-3-12-24-10-1-2-11-24)17-20(27)25-14-8-23-9-15-25/h4-7,23H,1-3,8-15,17H2. The van der Waals surface area contributed by atoms with Crippen LogP contribution in [-0.2, 0) is 4.79 Å². The van der Waals surface area contributed by atoms with E-state index in [2.05, 4.69) is 16.3 Å². The third-order valence-corrected chi connectivity index (χ3v) is 5.45. The normalized spacial score (nSPS) is 17.3.